The Hall–Kier alpha value is 0.245. The second-order valence-corrected chi connectivity index (χ2v) is 7.92. The maximum atomic E-state index is 11.4. The van der Waals surface area contributed by atoms with Gasteiger partial charge in [-0.15, -0.1) is 0 Å². The van der Waals surface area contributed by atoms with Gasteiger partial charge in [0.1, 0.15) is 26.2 Å². The molecule has 4 N–H and O–H groups in total. The van der Waals surface area contributed by atoms with Crippen molar-refractivity contribution in [2.75, 3.05) is 12.8 Å². The smallest absolute Gasteiger partial charge is 0.388 e. The molecule has 1 aliphatic rings. The van der Waals surface area contributed by atoms with E-state index < -0.39 is 46.3 Å². The third kappa shape index (κ3) is 4.93. The fourth-order valence-electron chi connectivity index (χ4n) is 1.48. The lowest BCUT2D eigenvalue weighted by molar-refractivity contribution is -0.00833. The summed E-state index contributed by atoms with van der Waals surface area (Å²) in [6, 6.07) is -0.651. The zero-order chi connectivity index (χ0) is 14.8. The van der Waals surface area contributed by atoms with Crippen molar-refractivity contribution in [3.8, 4) is 0 Å². The van der Waals surface area contributed by atoms with Crippen LogP contribution in [-0.2, 0) is 22.7 Å². The first kappa shape index (κ1) is 17.3. The van der Waals surface area contributed by atoms with E-state index in [4.69, 9.17) is 9.63 Å². The number of phosphoric ester groups is 1. The summed E-state index contributed by atoms with van der Waals surface area (Å²) in [5, 5.41) is 18.9. The summed E-state index contributed by atoms with van der Waals surface area (Å²) in [4.78, 5) is 18.3. The van der Waals surface area contributed by atoms with Gasteiger partial charge >= 0.3 is 15.4 Å². The molecule has 1 heterocycles. The van der Waals surface area contributed by atoms with Crippen LogP contribution in [0.15, 0.2) is 0 Å². The Morgan fingerprint density at radius 1 is 1.26 bits per heavy atom. The van der Waals surface area contributed by atoms with Gasteiger partial charge in [0, 0.05) is 6.16 Å². The summed E-state index contributed by atoms with van der Waals surface area (Å²) in [5.41, 5.74) is 0. The van der Waals surface area contributed by atoms with Gasteiger partial charge in [-0.3, -0.25) is 9.09 Å². The fraction of sp³-hybridized carbons (Fsp3) is 1.00. The molecular weight excluding hydrogens is 301 g/mol. The van der Waals surface area contributed by atoms with Gasteiger partial charge in [-0.25, -0.2) is 8.88 Å². The number of hydrogen-bond donors (Lipinski definition) is 4. The van der Waals surface area contributed by atoms with Crippen LogP contribution in [0.2, 0.25) is 0 Å². The highest BCUT2D eigenvalue weighted by molar-refractivity contribution is 7.63. The third-order valence-corrected chi connectivity index (χ3v) is 5.75. The van der Waals surface area contributed by atoms with Gasteiger partial charge in [0.25, 0.3) is 0 Å². The molecule has 1 rings (SSSR count). The van der Waals surface area contributed by atoms with E-state index in [0.29, 0.717) is 0 Å². The van der Waals surface area contributed by atoms with E-state index in [9.17, 15) is 24.2 Å². The van der Waals surface area contributed by atoms with E-state index in [1.807, 2.05) is 0 Å². The van der Waals surface area contributed by atoms with E-state index in [2.05, 4.69) is 8.83 Å². The van der Waals surface area contributed by atoms with Gasteiger partial charge in [-0.05, 0) is 0 Å². The number of ether oxygens (including phenoxy) is 1. The number of hydrogen-bond acceptors (Lipinski definition) is 7. The highest BCUT2D eigenvalue weighted by Crippen LogP contribution is 2.59. The van der Waals surface area contributed by atoms with Crippen molar-refractivity contribution in [1.29, 1.82) is 0 Å². The summed E-state index contributed by atoms with van der Waals surface area (Å²) in [6.07, 6.45) is -3.78. The topological polar surface area (TPSA) is 143 Å². The minimum absolute atomic E-state index is 0.348. The Bertz CT molecular complexity index is 404. The van der Waals surface area contributed by atoms with Crippen LogP contribution in [0, 0.1) is 0 Å². The highest BCUT2D eigenvalue weighted by Gasteiger charge is 2.42. The lowest BCUT2D eigenvalue weighted by Gasteiger charge is -2.18. The normalized spacial score (nSPS) is 37.7. The minimum atomic E-state index is -4.73. The van der Waals surface area contributed by atoms with Gasteiger partial charge in [0.15, 0.2) is 0 Å². The molecule has 0 saturated carbocycles. The van der Waals surface area contributed by atoms with Crippen LogP contribution in [0.25, 0.3) is 0 Å². The van der Waals surface area contributed by atoms with Gasteiger partial charge in [0.05, 0.1) is 12.6 Å². The van der Waals surface area contributed by atoms with Crippen molar-refractivity contribution in [3.63, 3.8) is 0 Å². The summed E-state index contributed by atoms with van der Waals surface area (Å²) < 4.78 is 36.3. The van der Waals surface area contributed by atoms with Gasteiger partial charge in [0.2, 0.25) is 0 Å². The maximum absolute atomic E-state index is 11.4. The molecular formula is C7H17BO9P2. The fourth-order valence-corrected chi connectivity index (χ4v) is 3.76. The zero-order valence-corrected chi connectivity index (χ0v) is 12.2. The maximum Gasteiger partial charge on any atom is 0.479 e. The van der Waals surface area contributed by atoms with Crippen molar-refractivity contribution < 1.29 is 42.7 Å². The minimum Gasteiger partial charge on any atom is -0.388 e. The molecule has 1 saturated heterocycles. The Morgan fingerprint density at radius 3 is 2.26 bits per heavy atom. The van der Waals surface area contributed by atoms with Crippen LogP contribution in [-0.4, -0.2) is 64.9 Å². The van der Waals surface area contributed by atoms with Crippen LogP contribution < -0.4 is 0 Å². The number of rotatable bonds is 6. The summed E-state index contributed by atoms with van der Waals surface area (Å²) >= 11 is 0. The van der Waals surface area contributed by atoms with Crippen molar-refractivity contribution >= 4 is 23.3 Å². The van der Waals surface area contributed by atoms with E-state index >= 15 is 0 Å². The molecule has 12 heteroatoms. The molecule has 6 atom stereocenters. The molecule has 9 nitrogen and oxygen atoms in total. The molecule has 0 aromatic heterocycles. The Morgan fingerprint density at radius 2 is 1.84 bits per heavy atom. The Balaban J connectivity index is 2.53. The van der Waals surface area contributed by atoms with E-state index in [0.717, 1.165) is 0 Å². The quantitative estimate of drug-likeness (QED) is 0.336. The molecule has 112 valence electrons. The summed E-state index contributed by atoms with van der Waals surface area (Å²) in [5.74, 6) is 0. The van der Waals surface area contributed by atoms with Gasteiger partial charge in [-0.2, -0.15) is 0 Å². The molecule has 1 fully saturated rings. The van der Waals surface area contributed by atoms with Crippen molar-refractivity contribution in [3.05, 3.63) is 0 Å². The number of aliphatic hydroxyl groups is 2. The predicted molar refractivity (Wildman–Crippen MR) is 66.4 cm³/mol. The molecule has 0 bridgehead atoms. The predicted octanol–water partition coefficient (Wildman–Crippen LogP) is -1.59. The van der Waals surface area contributed by atoms with E-state index in [-0.39, 0.29) is 6.16 Å². The molecule has 1 aliphatic heterocycles. The molecule has 0 aromatic carbocycles. The Kier molecular flexibility index (Phi) is 5.78. The molecule has 0 spiro atoms. The molecule has 0 amide bonds. The van der Waals surface area contributed by atoms with Crippen molar-refractivity contribution in [2.24, 2.45) is 0 Å². The summed E-state index contributed by atoms with van der Waals surface area (Å²) in [6.45, 7) is 0.753. The average molecular weight is 318 g/mol. The van der Waals surface area contributed by atoms with E-state index in [1.165, 1.54) is 14.8 Å². The average Bonchev–Trinajstić information content (AvgIpc) is 2.53. The van der Waals surface area contributed by atoms with Crippen LogP contribution in [0.1, 0.15) is 6.92 Å². The lowest BCUT2D eigenvalue weighted by atomic mass is 9.93. The van der Waals surface area contributed by atoms with Gasteiger partial charge in [-0.1, -0.05) is 6.92 Å². The lowest BCUT2D eigenvalue weighted by Crippen LogP contribution is -2.34. The first-order chi connectivity index (χ1) is 8.58. The third-order valence-electron chi connectivity index (χ3n) is 2.63. The molecule has 0 aromatic rings. The molecule has 0 aliphatic carbocycles. The van der Waals surface area contributed by atoms with Crippen LogP contribution in [0.3, 0.4) is 0 Å². The zero-order valence-electron chi connectivity index (χ0n) is 10.4. The van der Waals surface area contributed by atoms with Crippen molar-refractivity contribution in [1.82, 2.24) is 0 Å². The standard InChI is InChI=1S/C7H17BO9P2/c1-2-18(11,12)17-19(13,14)15-3-4-5(9)6(10)7(8)16-4/h4-7,9-10H,2-3,8H2,1H3,(H,11,12)(H,13,14)/t4-,5?,6?,7-/m1/s1. The monoisotopic (exact) mass is 318 g/mol. The second kappa shape index (κ2) is 6.34. The SMILES string of the molecule is B[C@@H]1O[C@H](COP(=O)(O)OP(=O)(O)CC)C(O)C1O. The van der Waals surface area contributed by atoms with Crippen LogP contribution >= 0.6 is 15.4 Å². The van der Waals surface area contributed by atoms with E-state index in [1.54, 1.807) is 0 Å². The first-order valence-corrected chi connectivity index (χ1v) is 8.86. The van der Waals surface area contributed by atoms with Crippen LogP contribution in [0.4, 0.5) is 0 Å². The number of phosphoric acid groups is 1. The Labute approximate surface area is 111 Å². The highest BCUT2D eigenvalue weighted by atomic mass is 31.3. The molecule has 4 unspecified atom stereocenters. The van der Waals surface area contributed by atoms with Crippen LogP contribution in [0.5, 0.6) is 0 Å². The first-order valence-electron chi connectivity index (χ1n) is 5.60. The molecule has 19 heavy (non-hydrogen) atoms. The number of aliphatic hydroxyl groups excluding tert-OH is 2. The summed E-state index contributed by atoms with van der Waals surface area (Å²) in [7, 11) is -7.41. The van der Waals surface area contributed by atoms with Crippen molar-refractivity contribution in [2.45, 2.75) is 31.2 Å². The largest absolute Gasteiger partial charge is 0.479 e. The molecule has 0 radical (unpaired) electrons. The van der Waals surface area contributed by atoms with Gasteiger partial charge < -0.3 is 24.7 Å². The second-order valence-electron chi connectivity index (χ2n) is 4.16.